The molecular weight excluding hydrogens is 240 g/mol. The second kappa shape index (κ2) is 8.27. The van der Waals surface area contributed by atoms with Gasteiger partial charge in [-0.3, -0.25) is 4.90 Å². The van der Waals surface area contributed by atoms with Crippen LogP contribution < -0.4 is 5.32 Å². The van der Waals surface area contributed by atoms with Gasteiger partial charge in [-0.25, -0.2) is 0 Å². The van der Waals surface area contributed by atoms with Gasteiger partial charge in [0, 0.05) is 19.6 Å². The predicted molar refractivity (Wildman–Crippen MR) is 76.1 cm³/mol. The summed E-state index contributed by atoms with van der Waals surface area (Å²) in [5, 5.41) is 13.3. The van der Waals surface area contributed by atoms with Crippen LogP contribution >= 0.6 is 0 Å². The second-order valence-corrected chi connectivity index (χ2v) is 4.94. The van der Waals surface area contributed by atoms with Gasteiger partial charge in [0.15, 0.2) is 0 Å². The maximum Gasteiger partial charge on any atom is 0.0914 e. The number of nitrogens with zero attached hydrogens (tertiary/aromatic N) is 1. The lowest BCUT2D eigenvalue weighted by atomic mass is 10.1. The normalized spacial score (nSPS) is 18.4. The first-order chi connectivity index (χ1) is 9.36. The Kier molecular flexibility index (Phi) is 6.30. The number of rotatable bonds is 7. The fourth-order valence-corrected chi connectivity index (χ4v) is 2.28. The van der Waals surface area contributed by atoms with Gasteiger partial charge in [-0.1, -0.05) is 30.3 Å². The fraction of sp³-hybridized carbons (Fsp3) is 0.600. The van der Waals surface area contributed by atoms with Crippen molar-refractivity contribution >= 4 is 0 Å². The van der Waals surface area contributed by atoms with Crippen LogP contribution in [0.5, 0.6) is 0 Å². The van der Waals surface area contributed by atoms with Gasteiger partial charge in [0.2, 0.25) is 0 Å². The van der Waals surface area contributed by atoms with Crippen LogP contribution in [0.3, 0.4) is 0 Å². The minimum Gasteiger partial charge on any atom is -0.387 e. The smallest absolute Gasteiger partial charge is 0.0914 e. The molecule has 1 aromatic rings. The number of ether oxygens (including phenoxy) is 1. The first kappa shape index (κ1) is 14.5. The zero-order valence-electron chi connectivity index (χ0n) is 11.4. The van der Waals surface area contributed by atoms with Crippen molar-refractivity contribution in [3.8, 4) is 0 Å². The summed E-state index contributed by atoms with van der Waals surface area (Å²) < 4.78 is 5.32. The summed E-state index contributed by atoms with van der Waals surface area (Å²) in [4.78, 5) is 2.43. The molecule has 1 aliphatic rings. The van der Waals surface area contributed by atoms with Gasteiger partial charge in [0.1, 0.15) is 0 Å². The fourth-order valence-electron chi connectivity index (χ4n) is 2.28. The Balaban J connectivity index is 1.54. The quantitative estimate of drug-likeness (QED) is 0.722. The Hall–Kier alpha value is -0.940. The molecule has 106 valence electrons. The van der Waals surface area contributed by atoms with Crippen LogP contribution in [0.1, 0.15) is 18.1 Å². The molecule has 0 amide bonds. The summed E-state index contributed by atoms with van der Waals surface area (Å²) in [7, 11) is 0. The highest BCUT2D eigenvalue weighted by Gasteiger charge is 2.09. The van der Waals surface area contributed by atoms with Crippen molar-refractivity contribution < 1.29 is 9.84 Å². The average Bonchev–Trinajstić information content (AvgIpc) is 2.49. The van der Waals surface area contributed by atoms with Crippen LogP contribution in [0, 0.1) is 0 Å². The molecule has 0 radical (unpaired) electrons. The standard InChI is InChI=1S/C15H24N2O2/c18-15(14-5-2-1-3-6-14)13-16-7-4-8-17-9-11-19-12-10-17/h1-3,5-6,15-16,18H,4,7-13H2. The Bertz CT molecular complexity index is 339. The molecule has 0 aliphatic carbocycles. The number of morpholine rings is 1. The van der Waals surface area contributed by atoms with E-state index in [1.807, 2.05) is 30.3 Å². The van der Waals surface area contributed by atoms with Gasteiger partial charge in [-0.2, -0.15) is 0 Å². The second-order valence-electron chi connectivity index (χ2n) is 4.94. The van der Waals surface area contributed by atoms with E-state index in [4.69, 9.17) is 4.74 Å². The van der Waals surface area contributed by atoms with E-state index in [-0.39, 0.29) is 0 Å². The van der Waals surface area contributed by atoms with E-state index in [0.29, 0.717) is 6.54 Å². The molecule has 0 bridgehead atoms. The van der Waals surface area contributed by atoms with Gasteiger partial charge in [-0.05, 0) is 25.1 Å². The van der Waals surface area contributed by atoms with E-state index < -0.39 is 6.10 Å². The van der Waals surface area contributed by atoms with Crippen LogP contribution in [-0.2, 0) is 4.74 Å². The molecule has 1 aliphatic heterocycles. The lowest BCUT2D eigenvalue weighted by Gasteiger charge is -2.26. The summed E-state index contributed by atoms with van der Waals surface area (Å²) >= 11 is 0. The molecule has 0 saturated carbocycles. The molecule has 4 nitrogen and oxygen atoms in total. The van der Waals surface area contributed by atoms with E-state index in [0.717, 1.165) is 51.4 Å². The molecule has 1 saturated heterocycles. The van der Waals surface area contributed by atoms with Crippen LogP contribution in [0.15, 0.2) is 30.3 Å². The number of nitrogens with one attached hydrogen (secondary N) is 1. The summed E-state index contributed by atoms with van der Waals surface area (Å²) in [5.74, 6) is 0. The SMILES string of the molecule is OC(CNCCCN1CCOCC1)c1ccccc1. The van der Waals surface area contributed by atoms with E-state index in [9.17, 15) is 5.11 Å². The van der Waals surface area contributed by atoms with Crippen LogP contribution in [0.4, 0.5) is 0 Å². The Labute approximate surface area is 115 Å². The monoisotopic (exact) mass is 264 g/mol. The minimum absolute atomic E-state index is 0.412. The lowest BCUT2D eigenvalue weighted by Crippen LogP contribution is -2.37. The van der Waals surface area contributed by atoms with Crippen molar-refractivity contribution in [2.24, 2.45) is 0 Å². The predicted octanol–water partition coefficient (Wildman–Crippen LogP) is 1.03. The van der Waals surface area contributed by atoms with E-state index >= 15 is 0 Å². The molecule has 2 rings (SSSR count). The molecule has 1 unspecified atom stereocenters. The molecule has 1 aromatic carbocycles. The molecule has 1 fully saturated rings. The molecule has 2 N–H and O–H groups in total. The van der Waals surface area contributed by atoms with Crippen LogP contribution in [-0.4, -0.2) is 55.9 Å². The van der Waals surface area contributed by atoms with Crippen LogP contribution in [0.2, 0.25) is 0 Å². The van der Waals surface area contributed by atoms with Crippen LogP contribution in [0.25, 0.3) is 0 Å². The molecule has 0 aromatic heterocycles. The van der Waals surface area contributed by atoms with Gasteiger partial charge >= 0.3 is 0 Å². The van der Waals surface area contributed by atoms with Gasteiger partial charge in [0.05, 0.1) is 19.3 Å². The highest BCUT2D eigenvalue weighted by Crippen LogP contribution is 2.10. The Morgan fingerprint density at radius 1 is 1.21 bits per heavy atom. The molecule has 1 heterocycles. The number of benzene rings is 1. The maximum atomic E-state index is 9.98. The van der Waals surface area contributed by atoms with E-state index in [2.05, 4.69) is 10.2 Å². The third-order valence-electron chi connectivity index (χ3n) is 3.45. The number of hydrogen-bond donors (Lipinski definition) is 2. The van der Waals surface area contributed by atoms with Gasteiger partial charge in [-0.15, -0.1) is 0 Å². The zero-order chi connectivity index (χ0) is 13.3. The number of aliphatic hydroxyl groups excluding tert-OH is 1. The average molecular weight is 264 g/mol. The molecule has 1 atom stereocenters. The number of aliphatic hydroxyl groups is 1. The lowest BCUT2D eigenvalue weighted by molar-refractivity contribution is 0.0373. The third kappa shape index (κ3) is 5.28. The van der Waals surface area contributed by atoms with Crippen molar-refractivity contribution in [2.75, 3.05) is 45.9 Å². The molecular formula is C15H24N2O2. The molecule has 4 heteroatoms. The largest absolute Gasteiger partial charge is 0.387 e. The summed E-state index contributed by atoms with van der Waals surface area (Å²) in [6.07, 6.45) is 0.700. The van der Waals surface area contributed by atoms with E-state index in [1.54, 1.807) is 0 Å². The summed E-state index contributed by atoms with van der Waals surface area (Å²) in [6, 6.07) is 9.79. The Morgan fingerprint density at radius 3 is 2.68 bits per heavy atom. The zero-order valence-corrected chi connectivity index (χ0v) is 11.4. The first-order valence-corrected chi connectivity index (χ1v) is 7.10. The van der Waals surface area contributed by atoms with Crippen molar-refractivity contribution in [3.05, 3.63) is 35.9 Å². The van der Waals surface area contributed by atoms with Gasteiger partial charge < -0.3 is 15.2 Å². The summed E-state index contributed by atoms with van der Waals surface area (Å²) in [6.45, 7) is 6.49. The van der Waals surface area contributed by atoms with Gasteiger partial charge in [0.25, 0.3) is 0 Å². The number of hydrogen-bond acceptors (Lipinski definition) is 4. The minimum atomic E-state index is -0.412. The molecule has 0 spiro atoms. The highest BCUT2D eigenvalue weighted by atomic mass is 16.5. The summed E-state index contributed by atoms with van der Waals surface area (Å²) in [5.41, 5.74) is 0.975. The van der Waals surface area contributed by atoms with E-state index in [1.165, 1.54) is 0 Å². The van der Waals surface area contributed by atoms with Crippen molar-refractivity contribution in [1.82, 2.24) is 10.2 Å². The molecule has 19 heavy (non-hydrogen) atoms. The van der Waals surface area contributed by atoms with Crippen molar-refractivity contribution in [1.29, 1.82) is 0 Å². The highest BCUT2D eigenvalue weighted by molar-refractivity contribution is 5.17. The topological polar surface area (TPSA) is 44.7 Å². The Morgan fingerprint density at radius 2 is 1.95 bits per heavy atom. The van der Waals surface area contributed by atoms with Crippen molar-refractivity contribution in [3.63, 3.8) is 0 Å². The van der Waals surface area contributed by atoms with Crippen molar-refractivity contribution in [2.45, 2.75) is 12.5 Å². The first-order valence-electron chi connectivity index (χ1n) is 7.10. The maximum absolute atomic E-state index is 9.98. The third-order valence-corrected chi connectivity index (χ3v) is 3.45.